The van der Waals surface area contributed by atoms with Crippen LogP contribution in [-0.2, 0) is 6.54 Å². The summed E-state index contributed by atoms with van der Waals surface area (Å²) < 4.78 is 12.2. The minimum Gasteiger partial charge on any atom is -0.497 e. The number of nitrogens with zero attached hydrogens (tertiary/aromatic N) is 2. The zero-order valence-electron chi connectivity index (χ0n) is 12.4. The van der Waals surface area contributed by atoms with Crippen molar-refractivity contribution in [1.29, 1.82) is 0 Å². The second-order valence-electron chi connectivity index (χ2n) is 4.36. The molecular weight excluding hydrogens is 268 g/mol. The van der Waals surface area contributed by atoms with E-state index in [4.69, 9.17) is 9.47 Å². The molecule has 0 bridgehead atoms. The van der Waals surface area contributed by atoms with Gasteiger partial charge < -0.3 is 9.47 Å². The number of hydrogen-bond donors (Lipinski definition) is 0. The summed E-state index contributed by atoms with van der Waals surface area (Å²) in [5.74, 6) is 1.24. The Morgan fingerprint density at radius 1 is 1.29 bits per heavy atom. The number of benzene rings is 1. The summed E-state index contributed by atoms with van der Waals surface area (Å²) in [5, 5.41) is 4.18. The van der Waals surface area contributed by atoms with Crippen LogP contribution in [0.1, 0.15) is 23.0 Å². The molecule has 0 radical (unpaired) electrons. The van der Waals surface area contributed by atoms with Crippen molar-refractivity contribution in [3.05, 3.63) is 47.8 Å². The highest BCUT2D eigenvalue weighted by Gasteiger charge is 2.07. The van der Waals surface area contributed by atoms with Gasteiger partial charge in [0.05, 0.1) is 14.2 Å². The highest BCUT2D eigenvalue weighted by atomic mass is 16.5. The van der Waals surface area contributed by atoms with Gasteiger partial charge in [-0.05, 0) is 43.3 Å². The number of aromatic nitrogens is 2. The molecule has 0 saturated carbocycles. The molecule has 0 aliphatic heterocycles. The third-order valence-electron chi connectivity index (χ3n) is 3.07. The van der Waals surface area contributed by atoms with Gasteiger partial charge >= 0.3 is 0 Å². The molecule has 0 saturated heterocycles. The summed E-state index contributed by atoms with van der Waals surface area (Å²) in [6.07, 6.45) is 4.97. The summed E-state index contributed by atoms with van der Waals surface area (Å²) in [5.41, 5.74) is 1.20. The molecule has 0 aliphatic carbocycles. The van der Waals surface area contributed by atoms with Crippen molar-refractivity contribution in [2.24, 2.45) is 0 Å². The fourth-order valence-electron chi connectivity index (χ4n) is 1.89. The van der Waals surface area contributed by atoms with Crippen molar-refractivity contribution < 1.29 is 14.3 Å². The second kappa shape index (κ2) is 6.74. The quantitative estimate of drug-likeness (QED) is 0.605. The molecule has 5 heteroatoms. The molecule has 1 heterocycles. The SMILES string of the molecule is CCn1ccc(C(=O)/C=C/c2cc(OC)ccc2OC)n1. The molecule has 5 nitrogen and oxygen atoms in total. The maximum Gasteiger partial charge on any atom is 0.206 e. The van der Waals surface area contributed by atoms with Gasteiger partial charge in [-0.1, -0.05) is 0 Å². The molecule has 0 fully saturated rings. The van der Waals surface area contributed by atoms with Gasteiger partial charge in [0.1, 0.15) is 17.2 Å². The highest BCUT2D eigenvalue weighted by Crippen LogP contribution is 2.25. The first-order chi connectivity index (χ1) is 10.2. The Bertz CT molecular complexity index is 659. The average molecular weight is 286 g/mol. The topological polar surface area (TPSA) is 53.4 Å². The molecule has 0 spiro atoms. The van der Waals surface area contributed by atoms with E-state index >= 15 is 0 Å². The summed E-state index contributed by atoms with van der Waals surface area (Å²) >= 11 is 0. The minimum absolute atomic E-state index is 0.146. The van der Waals surface area contributed by atoms with Crippen molar-refractivity contribution in [3.8, 4) is 11.5 Å². The van der Waals surface area contributed by atoms with Crippen molar-refractivity contribution in [2.75, 3.05) is 14.2 Å². The van der Waals surface area contributed by atoms with E-state index < -0.39 is 0 Å². The van der Waals surface area contributed by atoms with Crippen LogP contribution in [0, 0.1) is 0 Å². The van der Waals surface area contributed by atoms with Crippen molar-refractivity contribution in [1.82, 2.24) is 9.78 Å². The highest BCUT2D eigenvalue weighted by molar-refractivity contribution is 6.05. The van der Waals surface area contributed by atoms with Gasteiger partial charge in [-0.25, -0.2) is 0 Å². The minimum atomic E-state index is -0.146. The van der Waals surface area contributed by atoms with E-state index in [-0.39, 0.29) is 5.78 Å². The predicted molar refractivity (Wildman–Crippen MR) is 80.8 cm³/mol. The van der Waals surface area contributed by atoms with E-state index in [1.807, 2.05) is 13.0 Å². The van der Waals surface area contributed by atoms with Crippen LogP contribution in [0.15, 0.2) is 36.5 Å². The number of rotatable bonds is 6. The Hall–Kier alpha value is -2.56. The first-order valence-electron chi connectivity index (χ1n) is 6.65. The zero-order valence-corrected chi connectivity index (χ0v) is 12.4. The molecule has 2 aromatic rings. The van der Waals surface area contributed by atoms with Crippen LogP contribution >= 0.6 is 0 Å². The number of methoxy groups -OCH3 is 2. The number of ether oxygens (including phenoxy) is 2. The maximum absolute atomic E-state index is 12.1. The van der Waals surface area contributed by atoms with E-state index in [9.17, 15) is 4.79 Å². The molecule has 2 rings (SSSR count). The van der Waals surface area contributed by atoms with Crippen molar-refractivity contribution in [2.45, 2.75) is 13.5 Å². The van der Waals surface area contributed by atoms with E-state index in [0.29, 0.717) is 17.2 Å². The largest absolute Gasteiger partial charge is 0.497 e. The summed E-state index contributed by atoms with van der Waals surface area (Å²) in [6, 6.07) is 7.13. The predicted octanol–water partition coefficient (Wildman–Crippen LogP) is 2.82. The standard InChI is InChI=1S/C16H18N2O3/c1-4-18-10-9-14(17-18)15(19)7-5-12-11-13(20-2)6-8-16(12)21-3/h5-11H,4H2,1-3H3/b7-5+. The van der Waals surface area contributed by atoms with Crippen molar-refractivity contribution >= 4 is 11.9 Å². The third kappa shape index (κ3) is 3.51. The first kappa shape index (κ1) is 14.8. The number of hydrogen-bond acceptors (Lipinski definition) is 4. The monoisotopic (exact) mass is 286 g/mol. The van der Waals surface area contributed by atoms with Gasteiger partial charge in [-0.15, -0.1) is 0 Å². The molecule has 1 aromatic carbocycles. The fourth-order valence-corrected chi connectivity index (χ4v) is 1.89. The third-order valence-corrected chi connectivity index (χ3v) is 3.07. The lowest BCUT2D eigenvalue weighted by atomic mass is 10.1. The van der Waals surface area contributed by atoms with Crippen molar-refractivity contribution in [3.63, 3.8) is 0 Å². The number of carbonyl (C=O) groups is 1. The van der Waals surface area contributed by atoms with Crippen LogP contribution in [0.4, 0.5) is 0 Å². The first-order valence-corrected chi connectivity index (χ1v) is 6.65. The average Bonchev–Trinajstić information content (AvgIpc) is 3.01. The Labute approximate surface area is 123 Å². The summed E-state index contributed by atoms with van der Waals surface area (Å²) in [7, 11) is 3.18. The Morgan fingerprint density at radius 2 is 2.10 bits per heavy atom. The van der Waals surface area contributed by atoms with E-state index in [1.54, 1.807) is 49.4 Å². The molecule has 0 N–H and O–H groups in total. The molecule has 0 aliphatic rings. The van der Waals surface area contributed by atoms with E-state index in [1.165, 1.54) is 6.08 Å². The molecule has 21 heavy (non-hydrogen) atoms. The fraction of sp³-hybridized carbons (Fsp3) is 0.250. The lowest BCUT2D eigenvalue weighted by Gasteiger charge is -2.06. The molecule has 0 unspecified atom stereocenters. The Kier molecular flexibility index (Phi) is 4.77. The van der Waals surface area contributed by atoms with Crippen LogP contribution in [0.5, 0.6) is 11.5 Å². The Morgan fingerprint density at radius 3 is 2.71 bits per heavy atom. The van der Waals surface area contributed by atoms with Gasteiger partial charge in [0.25, 0.3) is 0 Å². The molecular formula is C16H18N2O3. The summed E-state index contributed by atoms with van der Waals surface area (Å²) in [4.78, 5) is 12.1. The Balaban J connectivity index is 2.21. The lowest BCUT2D eigenvalue weighted by molar-refractivity contribution is 0.104. The van der Waals surface area contributed by atoms with Crippen LogP contribution < -0.4 is 9.47 Å². The van der Waals surface area contributed by atoms with Gasteiger partial charge in [0.15, 0.2) is 0 Å². The molecule has 110 valence electrons. The number of carbonyl (C=O) groups excluding carboxylic acids is 1. The number of ketones is 1. The van der Waals surface area contributed by atoms with Crippen LogP contribution in [0.3, 0.4) is 0 Å². The molecule has 1 aromatic heterocycles. The van der Waals surface area contributed by atoms with Gasteiger partial charge in [-0.3, -0.25) is 9.48 Å². The number of aryl methyl sites for hydroxylation is 1. The van der Waals surface area contributed by atoms with Gasteiger partial charge in [0.2, 0.25) is 5.78 Å². The van der Waals surface area contributed by atoms with Gasteiger partial charge in [0, 0.05) is 18.3 Å². The normalized spacial score (nSPS) is 10.8. The van der Waals surface area contributed by atoms with Crippen LogP contribution in [0.2, 0.25) is 0 Å². The summed E-state index contributed by atoms with van der Waals surface area (Å²) in [6.45, 7) is 2.71. The number of allylic oxidation sites excluding steroid dienone is 1. The smallest absolute Gasteiger partial charge is 0.206 e. The molecule has 0 amide bonds. The lowest BCUT2D eigenvalue weighted by Crippen LogP contribution is -2.00. The van der Waals surface area contributed by atoms with E-state index in [0.717, 1.165) is 12.1 Å². The molecule has 0 atom stereocenters. The van der Waals surface area contributed by atoms with Crippen LogP contribution in [0.25, 0.3) is 6.08 Å². The zero-order chi connectivity index (χ0) is 15.2. The van der Waals surface area contributed by atoms with Gasteiger partial charge in [-0.2, -0.15) is 5.10 Å². The second-order valence-corrected chi connectivity index (χ2v) is 4.36. The van der Waals surface area contributed by atoms with Crippen LogP contribution in [-0.4, -0.2) is 29.8 Å². The maximum atomic E-state index is 12.1. The van der Waals surface area contributed by atoms with E-state index in [2.05, 4.69) is 5.10 Å².